The molecule has 0 fully saturated rings. The van der Waals surface area contributed by atoms with E-state index in [1.54, 1.807) is 25.2 Å². The molecule has 0 aromatic heterocycles. The van der Waals surface area contributed by atoms with Crippen molar-refractivity contribution in [1.29, 1.82) is 0 Å². The van der Waals surface area contributed by atoms with E-state index in [1.807, 2.05) is 6.92 Å². The number of rotatable bonds is 6. The van der Waals surface area contributed by atoms with Gasteiger partial charge in [-0.1, -0.05) is 29.3 Å². The molecule has 1 atom stereocenters. The minimum absolute atomic E-state index is 0.0119. The molecule has 0 aliphatic heterocycles. The van der Waals surface area contributed by atoms with E-state index in [-0.39, 0.29) is 25.0 Å². The molecular weight excluding hydrogens is 303 g/mol. The van der Waals surface area contributed by atoms with Crippen molar-refractivity contribution in [1.82, 2.24) is 10.2 Å². The van der Waals surface area contributed by atoms with Crippen molar-refractivity contribution in [2.24, 2.45) is 0 Å². The van der Waals surface area contributed by atoms with Crippen molar-refractivity contribution in [2.45, 2.75) is 13.0 Å². The van der Waals surface area contributed by atoms with E-state index in [0.29, 0.717) is 10.0 Å². The van der Waals surface area contributed by atoms with Crippen LogP contribution in [0.1, 0.15) is 18.5 Å². The van der Waals surface area contributed by atoms with Crippen molar-refractivity contribution < 1.29 is 14.7 Å². The molecule has 0 bridgehead atoms. The fourth-order valence-electron chi connectivity index (χ4n) is 1.68. The van der Waals surface area contributed by atoms with Crippen LogP contribution in [-0.2, 0) is 9.59 Å². The van der Waals surface area contributed by atoms with E-state index in [1.165, 1.54) is 4.90 Å². The zero-order valence-electron chi connectivity index (χ0n) is 11.2. The number of carbonyl (C=O) groups excluding carboxylic acids is 1. The third-order valence-electron chi connectivity index (χ3n) is 2.64. The normalized spacial score (nSPS) is 12.2. The van der Waals surface area contributed by atoms with Crippen LogP contribution in [0.5, 0.6) is 0 Å². The number of halogens is 2. The highest BCUT2D eigenvalue weighted by molar-refractivity contribution is 6.42. The Morgan fingerprint density at radius 3 is 2.50 bits per heavy atom. The van der Waals surface area contributed by atoms with Crippen LogP contribution >= 0.6 is 23.2 Å². The number of benzene rings is 1. The van der Waals surface area contributed by atoms with Crippen molar-refractivity contribution in [3.63, 3.8) is 0 Å². The molecule has 20 heavy (non-hydrogen) atoms. The van der Waals surface area contributed by atoms with Gasteiger partial charge in [0.25, 0.3) is 0 Å². The summed E-state index contributed by atoms with van der Waals surface area (Å²) < 4.78 is 0. The predicted octanol–water partition coefficient (Wildman–Crippen LogP) is 2.19. The van der Waals surface area contributed by atoms with Crippen LogP contribution in [0.4, 0.5) is 0 Å². The molecule has 0 radical (unpaired) electrons. The second kappa shape index (κ2) is 7.47. The summed E-state index contributed by atoms with van der Waals surface area (Å²) in [4.78, 5) is 23.7. The molecule has 1 aromatic rings. The Hall–Kier alpha value is -1.30. The van der Waals surface area contributed by atoms with Gasteiger partial charge in [0.05, 0.1) is 29.2 Å². The smallest absolute Gasteiger partial charge is 0.317 e. The molecule has 0 aliphatic carbocycles. The SMILES string of the molecule is CC(NC(=O)CN(C)CC(=O)O)c1ccc(Cl)c(Cl)c1. The number of carboxylic acids is 1. The molecular formula is C13H16Cl2N2O3. The molecule has 5 nitrogen and oxygen atoms in total. The standard InChI is InChI=1S/C13H16Cl2N2O3/c1-8(9-3-4-10(14)11(15)5-9)16-12(18)6-17(2)7-13(19)20/h3-5,8H,6-7H2,1-2H3,(H,16,18)(H,19,20). The Morgan fingerprint density at radius 2 is 1.95 bits per heavy atom. The largest absolute Gasteiger partial charge is 0.480 e. The number of nitrogens with zero attached hydrogens (tertiary/aromatic N) is 1. The van der Waals surface area contributed by atoms with Gasteiger partial charge in [-0.3, -0.25) is 14.5 Å². The average Bonchev–Trinajstić information content (AvgIpc) is 2.30. The number of likely N-dealkylation sites (N-methyl/N-ethyl adjacent to an activating group) is 1. The van der Waals surface area contributed by atoms with E-state index in [0.717, 1.165) is 5.56 Å². The van der Waals surface area contributed by atoms with Gasteiger partial charge in [0.2, 0.25) is 5.91 Å². The van der Waals surface area contributed by atoms with Crippen LogP contribution in [0.25, 0.3) is 0 Å². The highest BCUT2D eigenvalue weighted by atomic mass is 35.5. The quantitative estimate of drug-likeness (QED) is 0.843. The number of carboxylic acid groups (broad SMARTS) is 1. The Balaban J connectivity index is 2.56. The maximum Gasteiger partial charge on any atom is 0.317 e. The fourth-order valence-corrected chi connectivity index (χ4v) is 1.99. The van der Waals surface area contributed by atoms with E-state index in [4.69, 9.17) is 28.3 Å². The van der Waals surface area contributed by atoms with Crippen molar-refractivity contribution in [3.05, 3.63) is 33.8 Å². The Kier molecular flexibility index (Phi) is 6.26. The van der Waals surface area contributed by atoms with Gasteiger partial charge < -0.3 is 10.4 Å². The summed E-state index contributed by atoms with van der Waals surface area (Å²) in [5, 5.41) is 12.3. The van der Waals surface area contributed by atoms with Crippen LogP contribution < -0.4 is 5.32 Å². The van der Waals surface area contributed by atoms with Gasteiger partial charge in [-0.15, -0.1) is 0 Å². The molecule has 0 aliphatic rings. The second-order valence-electron chi connectivity index (χ2n) is 4.53. The Labute approximate surface area is 127 Å². The number of amides is 1. The first kappa shape index (κ1) is 16.8. The Morgan fingerprint density at radius 1 is 1.30 bits per heavy atom. The number of hydrogen-bond acceptors (Lipinski definition) is 3. The molecule has 1 unspecified atom stereocenters. The average molecular weight is 319 g/mol. The lowest BCUT2D eigenvalue weighted by Crippen LogP contribution is -2.38. The monoisotopic (exact) mass is 318 g/mol. The molecule has 0 heterocycles. The lowest BCUT2D eigenvalue weighted by Gasteiger charge is -2.18. The van der Waals surface area contributed by atoms with Crippen molar-refractivity contribution >= 4 is 35.1 Å². The van der Waals surface area contributed by atoms with Crippen LogP contribution in [0.15, 0.2) is 18.2 Å². The lowest BCUT2D eigenvalue weighted by molar-refractivity contribution is -0.138. The summed E-state index contributed by atoms with van der Waals surface area (Å²) in [6.45, 7) is 1.64. The minimum atomic E-state index is -0.974. The lowest BCUT2D eigenvalue weighted by atomic mass is 10.1. The summed E-state index contributed by atoms with van der Waals surface area (Å²) >= 11 is 11.7. The zero-order valence-corrected chi connectivity index (χ0v) is 12.7. The second-order valence-corrected chi connectivity index (χ2v) is 5.34. The van der Waals surface area contributed by atoms with Gasteiger partial charge >= 0.3 is 5.97 Å². The van der Waals surface area contributed by atoms with Crippen molar-refractivity contribution in [2.75, 3.05) is 20.1 Å². The third kappa shape index (κ3) is 5.36. The van der Waals surface area contributed by atoms with E-state index >= 15 is 0 Å². The first-order valence-corrected chi connectivity index (χ1v) is 6.70. The maximum atomic E-state index is 11.8. The fraction of sp³-hybridized carbons (Fsp3) is 0.385. The topological polar surface area (TPSA) is 69.6 Å². The van der Waals surface area contributed by atoms with Gasteiger partial charge in [0, 0.05) is 0 Å². The molecule has 2 N–H and O–H groups in total. The molecule has 0 saturated heterocycles. The summed E-state index contributed by atoms with van der Waals surface area (Å²) in [6, 6.07) is 4.89. The predicted molar refractivity (Wildman–Crippen MR) is 78.2 cm³/mol. The molecule has 1 amide bonds. The van der Waals surface area contributed by atoms with E-state index < -0.39 is 5.97 Å². The molecule has 0 saturated carbocycles. The summed E-state index contributed by atoms with van der Waals surface area (Å²) in [6.07, 6.45) is 0. The molecule has 0 spiro atoms. The van der Waals surface area contributed by atoms with Gasteiger partial charge in [0.15, 0.2) is 0 Å². The highest BCUT2D eigenvalue weighted by Crippen LogP contribution is 2.25. The molecule has 1 rings (SSSR count). The van der Waals surface area contributed by atoms with Crippen LogP contribution in [-0.4, -0.2) is 42.0 Å². The van der Waals surface area contributed by atoms with Crippen LogP contribution in [0.3, 0.4) is 0 Å². The maximum absolute atomic E-state index is 11.8. The number of nitrogens with one attached hydrogen (secondary N) is 1. The molecule has 1 aromatic carbocycles. The Bertz CT molecular complexity index is 508. The van der Waals surface area contributed by atoms with Crippen molar-refractivity contribution in [3.8, 4) is 0 Å². The molecule has 7 heteroatoms. The third-order valence-corrected chi connectivity index (χ3v) is 3.38. The zero-order chi connectivity index (χ0) is 15.3. The number of hydrogen-bond donors (Lipinski definition) is 2. The van der Waals surface area contributed by atoms with Gasteiger partial charge in [-0.2, -0.15) is 0 Å². The first-order chi connectivity index (χ1) is 9.29. The highest BCUT2D eigenvalue weighted by Gasteiger charge is 2.13. The first-order valence-electron chi connectivity index (χ1n) is 5.94. The van der Waals surface area contributed by atoms with E-state index in [9.17, 15) is 9.59 Å². The summed E-state index contributed by atoms with van der Waals surface area (Å²) in [5.41, 5.74) is 0.827. The van der Waals surface area contributed by atoms with Gasteiger partial charge in [0.1, 0.15) is 0 Å². The van der Waals surface area contributed by atoms with Crippen LogP contribution in [0, 0.1) is 0 Å². The number of carbonyl (C=O) groups is 2. The van der Waals surface area contributed by atoms with E-state index in [2.05, 4.69) is 5.32 Å². The molecule has 110 valence electrons. The summed E-state index contributed by atoms with van der Waals surface area (Å²) in [7, 11) is 1.57. The van der Waals surface area contributed by atoms with Gasteiger partial charge in [-0.05, 0) is 31.7 Å². The van der Waals surface area contributed by atoms with Gasteiger partial charge in [-0.25, -0.2) is 0 Å². The minimum Gasteiger partial charge on any atom is -0.480 e. The number of aliphatic carboxylic acids is 1. The summed E-state index contributed by atoms with van der Waals surface area (Å²) in [5.74, 6) is -1.23. The van der Waals surface area contributed by atoms with Crippen LogP contribution in [0.2, 0.25) is 10.0 Å².